The van der Waals surface area contributed by atoms with E-state index in [9.17, 15) is 43.2 Å². The van der Waals surface area contributed by atoms with Gasteiger partial charge < -0.3 is 55.3 Å². The molecular weight excluding hydrogens is 794 g/mol. The summed E-state index contributed by atoms with van der Waals surface area (Å²) >= 11 is 0. The van der Waals surface area contributed by atoms with Gasteiger partial charge in [-0.25, -0.2) is 0 Å². The van der Waals surface area contributed by atoms with Gasteiger partial charge >= 0.3 is 35.8 Å². The summed E-state index contributed by atoms with van der Waals surface area (Å²) in [4.78, 5) is 95.1. The molecular formula is C40H61N3O17. The molecule has 0 unspecified atom stereocenters. The zero-order chi connectivity index (χ0) is 45.3. The van der Waals surface area contributed by atoms with Crippen LogP contribution in [0.4, 0.5) is 0 Å². The Bertz CT molecular complexity index is 1490. The Morgan fingerprint density at radius 2 is 0.833 bits per heavy atom. The SMILES string of the molecule is C.CC(=O)NCC(=O)O.CC(=O)NCC(=O)OCCCC(=O)O.CC(=O)NCC(=O)OCCCC(=O)OCc1ccccc1.CO.O=C(CCCO)OCc1ccccc1. The number of hydrogen-bond acceptors (Lipinski definition) is 15. The lowest BCUT2D eigenvalue weighted by atomic mass is 10.2. The number of aliphatic hydroxyl groups is 2. The minimum atomic E-state index is -1.03. The number of carboxylic acid groups (broad SMARTS) is 2. The first kappa shape index (κ1) is 60.3. The Labute approximate surface area is 349 Å². The minimum Gasteiger partial charge on any atom is -0.481 e. The summed E-state index contributed by atoms with van der Waals surface area (Å²) in [6.07, 6.45) is 1.56. The summed E-state index contributed by atoms with van der Waals surface area (Å²) in [6.45, 7) is 4.00. The molecule has 0 aliphatic carbocycles. The van der Waals surface area contributed by atoms with Crippen molar-refractivity contribution >= 4 is 53.5 Å². The number of carbonyl (C=O) groups excluding carboxylic acids is 7. The molecule has 0 spiro atoms. The Morgan fingerprint density at radius 1 is 0.483 bits per heavy atom. The number of aliphatic carboxylic acids is 2. The van der Waals surface area contributed by atoms with Crippen LogP contribution in [-0.4, -0.2) is 121 Å². The zero-order valence-corrected chi connectivity index (χ0v) is 33.8. The van der Waals surface area contributed by atoms with E-state index in [1.54, 1.807) is 0 Å². The van der Waals surface area contributed by atoms with Crippen molar-refractivity contribution in [3.63, 3.8) is 0 Å². The van der Waals surface area contributed by atoms with Crippen LogP contribution in [0.1, 0.15) is 77.8 Å². The standard InChI is InChI=1S/C15H19NO5.C11H14O3.C8H13NO5.C4H7NO3.CH4O.CH4/c1-12(17)16-10-15(19)20-9-5-8-14(18)21-11-13-6-3-2-4-7-13;12-8-4-7-11(13)14-9-10-5-2-1-3-6-10;1-6(10)9-5-8(13)14-4-2-3-7(11)12;1-3(6)5-2-4(7)8;1-2;/h2-4,6-7H,5,8-11H2,1H3,(H,16,17);1-3,5-6,12H,4,7-9H2;2-5H2,1H3,(H,9,10)(H,11,12);2H2,1H3,(H,5,6)(H,7,8);2H,1H3;1H4. The topological polar surface area (TPSA) is 308 Å². The lowest BCUT2D eigenvalue weighted by molar-refractivity contribution is -0.148. The van der Waals surface area contributed by atoms with E-state index in [0.717, 1.165) is 18.2 Å². The van der Waals surface area contributed by atoms with Crippen molar-refractivity contribution in [1.29, 1.82) is 0 Å². The Kier molecular flexibility index (Phi) is 42.4. The van der Waals surface area contributed by atoms with E-state index in [2.05, 4.69) is 20.7 Å². The van der Waals surface area contributed by atoms with Crippen LogP contribution in [0.3, 0.4) is 0 Å². The fraction of sp³-hybridized carbons (Fsp3) is 0.475. The molecule has 0 radical (unpaired) electrons. The van der Waals surface area contributed by atoms with Gasteiger partial charge in [-0.3, -0.25) is 43.2 Å². The molecule has 0 fully saturated rings. The highest BCUT2D eigenvalue weighted by Crippen LogP contribution is 2.04. The average Bonchev–Trinajstić information content (AvgIpc) is 3.21. The van der Waals surface area contributed by atoms with Crippen LogP contribution in [-0.2, 0) is 75.3 Å². The van der Waals surface area contributed by atoms with Gasteiger partial charge in [0.2, 0.25) is 17.7 Å². The number of benzene rings is 2. The number of ether oxygens (including phenoxy) is 4. The Morgan fingerprint density at radius 3 is 1.15 bits per heavy atom. The molecule has 0 saturated heterocycles. The fourth-order valence-electron chi connectivity index (χ4n) is 3.35. The van der Waals surface area contributed by atoms with Crippen LogP contribution in [0.25, 0.3) is 0 Å². The lowest BCUT2D eigenvalue weighted by Gasteiger charge is -2.06. The molecule has 20 heteroatoms. The molecule has 0 atom stereocenters. The third kappa shape index (κ3) is 47.7. The van der Waals surface area contributed by atoms with E-state index in [1.807, 2.05) is 60.7 Å². The zero-order valence-electron chi connectivity index (χ0n) is 33.8. The predicted molar refractivity (Wildman–Crippen MR) is 215 cm³/mol. The number of esters is 4. The van der Waals surface area contributed by atoms with Crippen molar-refractivity contribution in [3.05, 3.63) is 71.8 Å². The van der Waals surface area contributed by atoms with Gasteiger partial charge in [-0.2, -0.15) is 0 Å². The van der Waals surface area contributed by atoms with Gasteiger partial charge in [0.05, 0.1) is 13.2 Å². The quantitative estimate of drug-likeness (QED) is 0.0534. The molecule has 338 valence electrons. The number of hydrogen-bond donors (Lipinski definition) is 7. The van der Waals surface area contributed by atoms with Crippen LogP contribution in [0.5, 0.6) is 0 Å². The lowest BCUT2D eigenvalue weighted by Crippen LogP contribution is -2.28. The number of aliphatic hydroxyl groups excluding tert-OH is 2. The second-order valence-electron chi connectivity index (χ2n) is 11.3. The summed E-state index contributed by atoms with van der Waals surface area (Å²) in [5, 5.41) is 38.4. The summed E-state index contributed by atoms with van der Waals surface area (Å²) in [6, 6.07) is 18.9. The molecule has 60 heavy (non-hydrogen) atoms. The number of carbonyl (C=O) groups is 9. The molecule has 2 aromatic rings. The van der Waals surface area contributed by atoms with Crippen LogP contribution in [0.15, 0.2) is 60.7 Å². The van der Waals surface area contributed by atoms with Crippen molar-refractivity contribution in [1.82, 2.24) is 16.0 Å². The molecule has 0 bridgehead atoms. The van der Waals surface area contributed by atoms with E-state index in [-0.39, 0.29) is 109 Å². The summed E-state index contributed by atoms with van der Waals surface area (Å²) in [7, 11) is 1.00. The van der Waals surface area contributed by atoms with Crippen molar-refractivity contribution in [2.24, 2.45) is 0 Å². The molecule has 3 amide bonds. The maximum atomic E-state index is 11.5. The molecule has 0 aliphatic heterocycles. The van der Waals surface area contributed by atoms with Crippen molar-refractivity contribution in [3.8, 4) is 0 Å². The molecule has 0 aromatic heterocycles. The number of carboxylic acids is 2. The predicted octanol–water partition coefficient (Wildman–Crippen LogP) is 1.67. The molecule has 2 rings (SSSR count). The van der Waals surface area contributed by atoms with Crippen molar-refractivity contribution in [2.75, 3.05) is 46.6 Å². The van der Waals surface area contributed by atoms with Gasteiger partial charge in [0, 0.05) is 53.8 Å². The van der Waals surface area contributed by atoms with E-state index in [4.69, 9.17) is 34.6 Å². The summed E-state index contributed by atoms with van der Waals surface area (Å²) in [5.41, 5.74) is 1.90. The first-order chi connectivity index (χ1) is 28.0. The second-order valence-corrected chi connectivity index (χ2v) is 11.3. The van der Waals surface area contributed by atoms with Gasteiger partial charge in [0.25, 0.3) is 0 Å². The molecule has 0 saturated carbocycles. The Balaban J connectivity index is -0.000000358. The van der Waals surface area contributed by atoms with E-state index in [0.29, 0.717) is 19.4 Å². The van der Waals surface area contributed by atoms with Gasteiger partial charge in [0.15, 0.2) is 0 Å². The number of amides is 3. The maximum Gasteiger partial charge on any atom is 0.325 e. The number of nitrogens with one attached hydrogen (secondary N) is 3. The molecule has 2 aromatic carbocycles. The van der Waals surface area contributed by atoms with E-state index < -0.39 is 23.9 Å². The van der Waals surface area contributed by atoms with Crippen LogP contribution in [0, 0.1) is 0 Å². The van der Waals surface area contributed by atoms with E-state index in [1.165, 1.54) is 20.8 Å². The van der Waals surface area contributed by atoms with Gasteiger partial charge in [-0.1, -0.05) is 68.1 Å². The third-order valence-electron chi connectivity index (χ3n) is 6.06. The van der Waals surface area contributed by atoms with Gasteiger partial charge in [0.1, 0.15) is 32.8 Å². The second kappa shape index (κ2) is 42.2. The highest BCUT2D eigenvalue weighted by atomic mass is 16.5. The smallest absolute Gasteiger partial charge is 0.325 e. The fourth-order valence-corrected chi connectivity index (χ4v) is 3.35. The first-order valence-electron chi connectivity index (χ1n) is 18.0. The third-order valence-corrected chi connectivity index (χ3v) is 6.06. The van der Waals surface area contributed by atoms with Crippen LogP contribution < -0.4 is 16.0 Å². The van der Waals surface area contributed by atoms with Crippen molar-refractivity contribution in [2.45, 2.75) is 79.9 Å². The summed E-state index contributed by atoms with van der Waals surface area (Å²) in [5.74, 6) is -4.58. The largest absolute Gasteiger partial charge is 0.481 e. The normalized spacial score (nSPS) is 9.03. The average molecular weight is 856 g/mol. The molecule has 20 nitrogen and oxygen atoms in total. The molecule has 7 N–H and O–H groups in total. The molecule has 0 aliphatic rings. The molecule has 0 heterocycles. The highest BCUT2D eigenvalue weighted by Gasteiger charge is 2.07. The van der Waals surface area contributed by atoms with Gasteiger partial charge in [-0.05, 0) is 30.4 Å². The first-order valence-corrected chi connectivity index (χ1v) is 18.0. The Hall–Kier alpha value is -6.41. The van der Waals surface area contributed by atoms with Crippen LogP contribution in [0.2, 0.25) is 0 Å². The monoisotopic (exact) mass is 855 g/mol. The number of rotatable bonds is 21. The minimum absolute atomic E-state index is 0. The summed E-state index contributed by atoms with van der Waals surface area (Å²) < 4.78 is 19.5. The maximum absolute atomic E-state index is 11.5. The van der Waals surface area contributed by atoms with E-state index >= 15 is 0 Å². The van der Waals surface area contributed by atoms with Crippen molar-refractivity contribution < 1.29 is 82.5 Å². The van der Waals surface area contributed by atoms with Gasteiger partial charge in [-0.15, -0.1) is 0 Å². The highest BCUT2D eigenvalue weighted by molar-refractivity contribution is 5.81. The van der Waals surface area contributed by atoms with Crippen LogP contribution >= 0.6 is 0 Å².